The van der Waals surface area contributed by atoms with Gasteiger partial charge in [-0.1, -0.05) is 25.5 Å². The topological polar surface area (TPSA) is 72.0 Å². The van der Waals surface area contributed by atoms with Crippen LogP contribution in [-0.2, 0) is 24.1 Å². The van der Waals surface area contributed by atoms with Gasteiger partial charge in [0, 0.05) is 44.2 Å². The standard InChI is InChI=1S/C36H42FN3O4/c1-4-6-32-31(36(42)43-3)20-30-33(38-32)15-18-40(35(30)41)27-13-16-39(17-14-27)22-25-19-28(23-7-8-23)29(21-34(25)44-5-2)24-9-11-26(37)12-10-24/h9-12,19-21,23,27H,4-8,13-18,22H2,1-3H3. The Bertz CT molecular complexity index is 1530. The molecular weight excluding hydrogens is 557 g/mol. The molecule has 8 heteroatoms. The van der Waals surface area contributed by atoms with Gasteiger partial charge in [-0.25, -0.2) is 9.18 Å². The fraction of sp³-hybridized carbons (Fsp3) is 0.472. The predicted octanol–water partition coefficient (Wildman–Crippen LogP) is 6.57. The second kappa shape index (κ2) is 13.1. The molecule has 1 amide bonds. The van der Waals surface area contributed by atoms with Crippen LogP contribution in [0, 0.1) is 5.82 Å². The van der Waals surface area contributed by atoms with Crippen LogP contribution in [0.3, 0.4) is 0 Å². The molecule has 3 heterocycles. The van der Waals surface area contributed by atoms with E-state index in [4.69, 9.17) is 14.5 Å². The first-order valence-corrected chi connectivity index (χ1v) is 16.1. The van der Waals surface area contributed by atoms with Gasteiger partial charge in [0.25, 0.3) is 5.91 Å². The van der Waals surface area contributed by atoms with Crippen molar-refractivity contribution >= 4 is 11.9 Å². The Kier molecular flexibility index (Phi) is 8.98. The number of esters is 1. The van der Waals surface area contributed by atoms with Gasteiger partial charge in [0.2, 0.25) is 0 Å². The van der Waals surface area contributed by atoms with Gasteiger partial charge in [0.15, 0.2) is 0 Å². The molecule has 0 bridgehead atoms. The largest absolute Gasteiger partial charge is 0.494 e. The van der Waals surface area contributed by atoms with E-state index in [0.29, 0.717) is 43.0 Å². The minimum atomic E-state index is -0.441. The molecule has 1 aliphatic carbocycles. The minimum absolute atomic E-state index is 0.0329. The third-order valence-corrected chi connectivity index (χ3v) is 9.25. The van der Waals surface area contributed by atoms with Gasteiger partial charge in [0.05, 0.1) is 36.2 Å². The number of piperidine rings is 1. The maximum Gasteiger partial charge on any atom is 0.339 e. The molecule has 0 atom stereocenters. The fourth-order valence-electron chi connectivity index (χ4n) is 6.81. The number of hydrogen-bond acceptors (Lipinski definition) is 6. The molecule has 6 rings (SSSR count). The zero-order chi connectivity index (χ0) is 30.8. The number of amides is 1. The first-order chi connectivity index (χ1) is 21.4. The van der Waals surface area contributed by atoms with Crippen LogP contribution in [0.4, 0.5) is 4.39 Å². The Morgan fingerprint density at radius 1 is 1.00 bits per heavy atom. The summed E-state index contributed by atoms with van der Waals surface area (Å²) in [5.74, 6) is 0.720. The Morgan fingerprint density at radius 3 is 2.41 bits per heavy atom. The van der Waals surface area contributed by atoms with Crippen molar-refractivity contribution in [1.82, 2.24) is 14.8 Å². The number of ether oxygens (including phenoxy) is 2. The highest BCUT2D eigenvalue weighted by molar-refractivity contribution is 6.00. The van der Waals surface area contributed by atoms with Gasteiger partial charge in [-0.15, -0.1) is 0 Å². The van der Waals surface area contributed by atoms with Crippen LogP contribution in [-0.4, -0.2) is 66.1 Å². The molecule has 2 fully saturated rings. The monoisotopic (exact) mass is 599 g/mol. The third kappa shape index (κ3) is 6.23. The number of benzene rings is 2. The Morgan fingerprint density at radius 2 is 1.75 bits per heavy atom. The molecule has 1 saturated carbocycles. The Hall–Kier alpha value is -3.78. The molecule has 0 N–H and O–H groups in total. The van der Waals surface area contributed by atoms with E-state index in [1.54, 1.807) is 6.07 Å². The molecule has 7 nitrogen and oxygen atoms in total. The van der Waals surface area contributed by atoms with E-state index in [1.165, 1.54) is 43.2 Å². The van der Waals surface area contributed by atoms with Crippen molar-refractivity contribution in [3.05, 3.63) is 81.9 Å². The van der Waals surface area contributed by atoms with Gasteiger partial charge >= 0.3 is 5.97 Å². The molecule has 0 unspecified atom stereocenters. The lowest BCUT2D eigenvalue weighted by Gasteiger charge is -2.40. The summed E-state index contributed by atoms with van der Waals surface area (Å²) in [5, 5.41) is 0. The molecule has 44 heavy (non-hydrogen) atoms. The normalized spacial score (nSPS) is 17.5. The summed E-state index contributed by atoms with van der Waals surface area (Å²) >= 11 is 0. The highest BCUT2D eigenvalue weighted by Gasteiger charge is 2.35. The molecular formula is C36H42FN3O4. The maximum absolute atomic E-state index is 13.7. The van der Waals surface area contributed by atoms with Crippen LogP contribution >= 0.6 is 0 Å². The van der Waals surface area contributed by atoms with Crippen molar-refractivity contribution < 1.29 is 23.5 Å². The van der Waals surface area contributed by atoms with Crippen molar-refractivity contribution in [3.8, 4) is 16.9 Å². The minimum Gasteiger partial charge on any atom is -0.494 e. The van der Waals surface area contributed by atoms with E-state index in [9.17, 15) is 14.0 Å². The summed E-state index contributed by atoms with van der Waals surface area (Å²) in [6, 6.07) is 13.1. The number of carbonyl (C=O) groups excluding carboxylic acids is 2. The molecule has 0 radical (unpaired) electrons. The molecule has 2 aromatic carbocycles. The van der Waals surface area contributed by atoms with Crippen molar-refractivity contribution in [1.29, 1.82) is 0 Å². The quantitative estimate of drug-likeness (QED) is 0.246. The lowest BCUT2D eigenvalue weighted by molar-refractivity contribution is 0.0542. The van der Waals surface area contributed by atoms with Crippen LogP contribution in [0.5, 0.6) is 5.75 Å². The fourth-order valence-corrected chi connectivity index (χ4v) is 6.81. The number of carbonyl (C=O) groups is 2. The number of methoxy groups -OCH3 is 1. The first kappa shape index (κ1) is 30.3. The number of hydrogen-bond donors (Lipinski definition) is 0. The van der Waals surface area contributed by atoms with E-state index in [0.717, 1.165) is 67.2 Å². The number of aromatic nitrogens is 1. The molecule has 0 spiro atoms. The van der Waals surface area contributed by atoms with E-state index in [-0.39, 0.29) is 17.8 Å². The molecule has 3 aromatic rings. The van der Waals surface area contributed by atoms with Crippen molar-refractivity contribution in [2.24, 2.45) is 0 Å². The zero-order valence-corrected chi connectivity index (χ0v) is 26.0. The van der Waals surface area contributed by atoms with Gasteiger partial charge in [0.1, 0.15) is 11.6 Å². The summed E-state index contributed by atoms with van der Waals surface area (Å²) < 4.78 is 24.8. The van der Waals surface area contributed by atoms with Crippen molar-refractivity contribution in [2.75, 3.05) is 33.4 Å². The zero-order valence-electron chi connectivity index (χ0n) is 26.0. The van der Waals surface area contributed by atoms with Crippen LogP contribution < -0.4 is 4.74 Å². The molecule has 2 aliphatic heterocycles. The summed E-state index contributed by atoms with van der Waals surface area (Å²) in [7, 11) is 1.36. The number of nitrogens with zero attached hydrogens (tertiary/aromatic N) is 3. The van der Waals surface area contributed by atoms with Crippen LogP contribution in [0.25, 0.3) is 11.1 Å². The van der Waals surface area contributed by atoms with Crippen molar-refractivity contribution in [3.63, 3.8) is 0 Å². The lowest BCUT2D eigenvalue weighted by atomic mass is 9.93. The number of halogens is 1. The van der Waals surface area contributed by atoms with Crippen LogP contribution in [0.15, 0.2) is 42.5 Å². The number of likely N-dealkylation sites (tertiary alicyclic amines) is 1. The van der Waals surface area contributed by atoms with Gasteiger partial charge in [-0.2, -0.15) is 0 Å². The van der Waals surface area contributed by atoms with Gasteiger partial charge in [-0.05, 0) is 92.0 Å². The number of fused-ring (bicyclic) bond motifs is 1. The summed E-state index contributed by atoms with van der Waals surface area (Å²) in [6.07, 6.45) is 6.37. The second-order valence-electron chi connectivity index (χ2n) is 12.2. The SMILES string of the molecule is CCCc1nc2c(cc1C(=O)OC)C(=O)N(C1CCN(Cc3cc(C4CC4)c(-c4ccc(F)cc4)cc3OCC)CC1)CC2. The lowest BCUT2D eigenvalue weighted by Crippen LogP contribution is -2.50. The van der Waals surface area contributed by atoms with E-state index >= 15 is 0 Å². The number of aryl methyl sites for hydroxylation is 1. The van der Waals surface area contributed by atoms with E-state index in [2.05, 4.69) is 17.0 Å². The first-order valence-electron chi connectivity index (χ1n) is 16.1. The maximum atomic E-state index is 13.7. The second-order valence-corrected chi connectivity index (χ2v) is 12.2. The summed E-state index contributed by atoms with van der Waals surface area (Å²) in [4.78, 5) is 35.4. The average Bonchev–Trinajstić information content (AvgIpc) is 3.88. The Labute approximate surface area is 259 Å². The van der Waals surface area contributed by atoms with Crippen LogP contribution in [0.1, 0.15) is 95.1 Å². The number of rotatable bonds is 10. The van der Waals surface area contributed by atoms with Crippen LogP contribution in [0.2, 0.25) is 0 Å². The Balaban J connectivity index is 1.16. The summed E-state index contributed by atoms with van der Waals surface area (Å²) in [6.45, 7) is 7.83. The molecule has 232 valence electrons. The highest BCUT2D eigenvalue weighted by Crippen LogP contribution is 2.46. The average molecular weight is 600 g/mol. The predicted molar refractivity (Wildman–Crippen MR) is 168 cm³/mol. The highest BCUT2D eigenvalue weighted by atomic mass is 19.1. The summed E-state index contributed by atoms with van der Waals surface area (Å²) in [5.41, 5.74) is 7.11. The molecule has 3 aliphatic rings. The van der Waals surface area contributed by atoms with E-state index < -0.39 is 5.97 Å². The van der Waals surface area contributed by atoms with Gasteiger partial charge in [-0.3, -0.25) is 14.7 Å². The van der Waals surface area contributed by atoms with E-state index in [1.807, 2.05) is 30.9 Å². The third-order valence-electron chi connectivity index (χ3n) is 9.25. The van der Waals surface area contributed by atoms with Crippen molar-refractivity contribution in [2.45, 2.75) is 77.3 Å². The molecule has 1 aromatic heterocycles. The molecule has 1 saturated heterocycles. The smallest absolute Gasteiger partial charge is 0.339 e. The van der Waals surface area contributed by atoms with Gasteiger partial charge < -0.3 is 14.4 Å². The number of pyridine rings is 1.